The third kappa shape index (κ3) is 5.17. The Labute approximate surface area is 151 Å². The molecule has 2 rings (SSSR count). The second kappa shape index (κ2) is 8.28. The molecule has 2 amide bonds. The standard InChI is InChI=1S/C18H22N4O4/c1-11-15(12(2)22(3)21-11)9-17(24)20-14-6-4-13(5-7-14)8-16(23)19-10-18(25)26/h4-7H,8-10H2,1-3H3,(H,19,23)(H,20,24)(H,25,26). The lowest BCUT2D eigenvalue weighted by Crippen LogP contribution is -2.30. The van der Waals surface area contributed by atoms with E-state index < -0.39 is 12.5 Å². The molecule has 2 aromatic rings. The zero-order valence-electron chi connectivity index (χ0n) is 15.0. The van der Waals surface area contributed by atoms with Crippen molar-refractivity contribution in [2.75, 3.05) is 11.9 Å². The van der Waals surface area contributed by atoms with E-state index in [1.54, 1.807) is 28.9 Å². The van der Waals surface area contributed by atoms with E-state index in [9.17, 15) is 14.4 Å². The molecule has 0 aliphatic heterocycles. The minimum Gasteiger partial charge on any atom is -0.480 e. The molecule has 0 atom stereocenters. The van der Waals surface area contributed by atoms with E-state index in [0.717, 1.165) is 22.5 Å². The van der Waals surface area contributed by atoms with E-state index in [0.29, 0.717) is 5.69 Å². The van der Waals surface area contributed by atoms with Gasteiger partial charge in [-0.05, 0) is 31.5 Å². The third-order valence-electron chi connectivity index (χ3n) is 4.04. The van der Waals surface area contributed by atoms with Gasteiger partial charge in [0.05, 0.1) is 18.5 Å². The molecule has 0 bridgehead atoms. The highest BCUT2D eigenvalue weighted by molar-refractivity contribution is 5.92. The second-order valence-electron chi connectivity index (χ2n) is 6.04. The van der Waals surface area contributed by atoms with E-state index in [-0.39, 0.29) is 24.7 Å². The molecule has 26 heavy (non-hydrogen) atoms. The van der Waals surface area contributed by atoms with Crippen molar-refractivity contribution >= 4 is 23.5 Å². The predicted octanol–water partition coefficient (Wildman–Crippen LogP) is 0.961. The van der Waals surface area contributed by atoms with Crippen LogP contribution in [0.4, 0.5) is 5.69 Å². The summed E-state index contributed by atoms with van der Waals surface area (Å²) in [6, 6.07) is 6.86. The number of rotatable bonds is 7. The van der Waals surface area contributed by atoms with Crippen LogP contribution < -0.4 is 10.6 Å². The Kier molecular flexibility index (Phi) is 6.11. The van der Waals surface area contributed by atoms with Crippen LogP contribution >= 0.6 is 0 Å². The summed E-state index contributed by atoms with van der Waals surface area (Å²) in [6.07, 6.45) is 0.320. The van der Waals surface area contributed by atoms with Gasteiger partial charge in [0.2, 0.25) is 11.8 Å². The summed E-state index contributed by atoms with van der Waals surface area (Å²) < 4.78 is 1.75. The molecule has 0 saturated heterocycles. The summed E-state index contributed by atoms with van der Waals surface area (Å²) in [5, 5.41) is 17.9. The van der Waals surface area contributed by atoms with Gasteiger partial charge < -0.3 is 15.7 Å². The smallest absolute Gasteiger partial charge is 0.322 e. The number of carboxylic acid groups (broad SMARTS) is 1. The molecule has 0 aliphatic rings. The highest BCUT2D eigenvalue weighted by atomic mass is 16.4. The molecule has 8 heteroatoms. The number of carbonyl (C=O) groups excluding carboxylic acids is 2. The first-order chi connectivity index (χ1) is 12.3. The fourth-order valence-corrected chi connectivity index (χ4v) is 2.57. The summed E-state index contributed by atoms with van der Waals surface area (Å²) >= 11 is 0. The maximum Gasteiger partial charge on any atom is 0.322 e. The van der Waals surface area contributed by atoms with Gasteiger partial charge in [0.15, 0.2) is 0 Å². The molecule has 138 valence electrons. The first-order valence-corrected chi connectivity index (χ1v) is 8.12. The van der Waals surface area contributed by atoms with E-state index >= 15 is 0 Å². The number of aromatic nitrogens is 2. The van der Waals surface area contributed by atoms with Gasteiger partial charge >= 0.3 is 5.97 Å². The molecule has 0 saturated carbocycles. The normalized spacial score (nSPS) is 10.4. The number of hydrogen-bond acceptors (Lipinski definition) is 4. The number of anilines is 1. The van der Waals surface area contributed by atoms with Gasteiger partial charge in [-0.15, -0.1) is 0 Å². The Balaban J connectivity index is 1.91. The Morgan fingerprint density at radius 1 is 1.08 bits per heavy atom. The minimum absolute atomic E-state index is 0.0789. The molecular weight excluding hydrogens is 336 g/mol. The highest BCUT2D eigenvalue weighted by Gasteiger charge is 2.13. The molecular formula is C18H22N4O4. The van der Waals surface area contributed by atoms with Crippen LogP contribution in [0.1, 0.15) is 22.5 Å². The van der Waals surface area contributed by atoms with Crippen LogP contribution in [0.25, 0.3) is 0 Å². The molecule has 1 aromatic heterocycles. The summed E-state index contributed by atoms with van der Waals surface area (Å²) in [7, 11) is 1.84. The van der Waals surface area contributed by atoms with Crippen molar-refractivity contribution in [3.8, 4) is 0 Å². The molecule has 8 nitrogen and oxygen atoms in total. The van der Waals surface area contributed by atoms with Crippen molar-refractivity contribution < 1.29 is 19.5 Å². The second-order valence-corrected chi connectivity index (χ2v) is 6.04. The molecule has 1 heterocycles. The van der Waals surface area contributed by atoms with Crippen LogP contribution in [0.2, 0.25) is 0 Å². The van der Waals surface area contributed by atoms with Gasteiger partial charge in [0.25, 0.3) is 0 Å². The maximum absolute atomic E-state index is 12.2. The fraction of sp³-hybridized carbons (Fsp3) is 0.333. The number of aryl methyl sites for hydroxylation is 2. The van der Waals surface area contributed by atoms with E-state index in [4.69, 9.17) is 5.11 Å². The predicted molar refractivity (Wildman–Crippen MR) is 95.8 cm³/mol. The summed E-state index contributed by atoms with van der Waals surface area (Å²) in [5.74, 6) is -1.60. The van der Waals surface area contributed by atoms with Crippen LogP contribution in [-0.2, 0) is 34.3 Å². The van der Waals surface area contributed by atoms with Crippen LogP contribution in [0.5, 0.6) is 0 Å². The summed E-state index contributed by atoms with van der Waals surface area (Å²) in [6.45, 7) is 3.40. The monoisotopic (exact) mass is 358 g/mol. The number of nitrogens with one attached hydrogen (secondary N) is 2. The number of benzene rings is 1. The molecule has 0 radical (unpaired) electrons. The van der Waals surface area contributed by atoms with Crippen molar-refractivity contribution in [3.05, 3.63) is 46.8 Å². The largest absolute Gasteiger partial charge is 0.480 e. The number of nitrogens with zero attached hydrogens (tertiary/aromatic N) is 2. The molecule has 0 fully saturated rings. The SMILES string of the molecule is Cc1nn(C)c(C)c1CC(=O)Nc1ccc(CC(=O)NCC(=O)O)cc1. The van der Waals surface area contributed by atoms with Gasteiger partial charge in [0, 0.05) is 24.0 Å². The lowest BCUT2D eigenvalue weighted by molar-refractivity contribution is -0.137. The van der Waals surface area contributed by atoms with Gasteiger partial charge in [-0.2, -0.15) is 5.10 Å². The van der Waals surface area contributed by atoms with E-state index in [2.05, 4.69) is 15.7 Å². The van der Waals surface area contributed by atoms with Crippen molar-refractivity contribution in [1.29, 1.82) is 0 Å². The molecule has 1 aromatic carbocycles. The quantitative estimate of drug-likeness (QED) is 0.682. The topological polar surface area (TPSA) is 113 Å². The maximum atomic E-state index is 12.2. The molecule has 0 unspecified atom stereocenters. The number of amides is 2. The van der Waals surface area contributed by atoms with Gasteiger partial charge in [-0.1, -0.05) is 12.1 Å². The molecule has 0 spiro atoms. The van der Waals surface area contributed by atoms with E-state index in [1.807, 2.05) is 20.9 Å². The minimum atomic E-state index is -1.09. The number of carbonyl (C=O) groups is 3. The van der Waals surface area contributed by atoms with Gasteiger partial charge in [-0.3, -0.25) is 19.1 Å². The van der Waals surface area contributed by atoms with Crippen molar-refractivity contribution in [2.24, 2.45) is 7.05 Å². The average Bonchev–Trinajstić information content (AvgIpc) is 2.81. The zero-order chi connectivity index (χ0) is 19.3. The molecule has 3 N–H and O–H groups in total. The van der Waals surface area contributed by atoms with Crippen LogP contribution in [-0.4, -0.2) is 39.2 Å². The van der Waals surface area contributed by atoms with Gasteiger partial charge in [-0.25, -0.2) is 0 Å². The fourth-order valence-electron chi connectivity index (χ4n) is 2.57. The highest BCUT2D eigenvalue weighted by Crippen LogP contribution is 2.15. The summed E-state index contributed by atoms with van der Waals surface area (Å²) in [5.41, 5.74) is 4.06. The number of carboxylic acids is 1. The van der Waals surface area contributed by atoms with E-state index in [1.165, 1.54) is 0 Å². The Morgan fingerprint density at radius 3 is 2.27 bits per heavy atom. The average molecular weight is 358 g/mol. The summed E-state index contributed by atoms with van der Waals surface area (Å²) in [4.78, 5) is 34.3. The Morgan fingerprint density at radius 2 is 1.73 bits per heavy atom. The third-order valence-corrected chi connectivity index (χ3v) is 4.04. The van der Waals surface area contributed by atoms with Crippen molar-refractivity contribution in [3.63, 3.8) is 0 Å². The number of aliphatic carboxylic acids is 1. The van der Waals surface area contributed by atoms with Crippen LogP contribution in [0.3, 0.4) is 0 Å². The van der Waals surface area contributed by atoms with Crippen LogP contribution in [0, 0.1) is 13.8 Å². The molecule has 0 aliphatic carbocycles. The Hall–Kier alpha value is -3.16. The Bertz CT molecular complexity index is 824. The first-order valence-electron chi connectivity index (χ1n) is 8.12. The van der Waals surface area contributed by atoms with Gasteiger partial charge in [0.1, 0.15) is 6.54 Å². The lowest BCUT2D eigenvalue weighted by atomic mass is 10.1. The number of hydrogen-bond donors (Lipinski definition) is 3. The van der Waals surface area contributed by atoms with Crippen LogP contribution in [0.15, 0.2) is 24.3 Å². The first kappa shape index (κ1) is 19.2. The van der Waals surface area contributed by atoms with Crippen molar-refractivity contribution in [1.82, 2.24) is 15.1 Å². The lowest BCUT2D eigenvalue weighted by Gasteiger charge is -2.07. The zero-order valence-corrected chi connectivity index (χ0v) is 15.0. The van der Waals surface area contributed by atoms with Crippen molar-refractivity contribution in [2.45, 2.75) is 26.7 Å².